The lowest BCUT2D eigenvalue weighted by Gasteiger charge is -2.30. The molecule has 1 aromatic carbocycles. The number of aryl methyl sites for hydroxylation is 2. The molecule has 1 amide bonds. The molecule has 6 nitrogen and oxygen atoms in total. The number of furan rings is 1. The maximum absolute atomic E-state index is 12.9. The summed E-state index contributed by atoms with van der Waals surface area (Å²) in [5.41, 5.74) is 3.34. The zero-order valence-corrected chi connectivity index (χ0v) is 14.8. The van der Waals surface area contributed by atoms with Gasteiger partial charge in [0.2, 0.25) is 5.09 Å². The highest BCUT2D eigenvalue weighted by Crippen LogP contribution is 2.32. The van der Waals surface area contributed by atoms with Crippen LogP contribution in [0.25, 0.3) is 0 Å². The quantitative estimate of drug-likeness (QED) is 0.854. The molecule has 2 heterocycles. The van der Waals surface area contributed by atoms with Crippen LogP contribution in [0.2, 0.25) is 0 Å². The van der Waals surface area contributed by atoms with Crippen molar-refractivity contribution in [3.8, 4) is 0 Å². The molecule has 2 aromatic rings. The minimum absolute atomic E-state index is 0.224. The number of para-hydroxylation sites is 1. The van der Waals surface area contributed by atoms with Gasteiger partial charge in [0, 0.05) is 26.7 Å². The van der Waals surface area contributed by atoms with Crippen molar-refractivity contribution in [2.24, 2.45) is 0 Å². The van der Waals surface area contributed by atoms with Crippen LogP contribution in [0.4, 0.5) is 5.69 Å². The number of benzene rings is 1. The topological polar surface area (TPSA) is 70.8 Å². The lowest BCUT2D eigenvalue weighted by atomic mass is 9.98. The van der Waals surface area contributed by atoms with Crippen molar-refractivity contribution in [3.63, 3.8) is 0 Å². The molecule has 1 aromatic heterocycles. The average molecular weight is 348 g/mol. The fourth-order valence-corrected chi connectivity index (χ4v) is 3.76. The summed E-state index contributed by atoms with van der Waals surface area (Å²) in [7, 11) is -0.853. The second-order valence-corrected chi connectivity index (χ2v) is 8.17. The fourth-order valence-electron chi connectivity index (χ4n) is 2.95. The summed E-state index contributed by atoms with van der Waals surface area (Å²) in [4.78, 5) is 14.6. The maximum atomic E-state index is 12.9. The lowest BCUT2D eigenvalue weighted by molar-refractivity contribution is 0.0984. The SMILES string of the molecule is Cc1cccc2c1N(C(=O)c1coc(S(=O)(=O)N(C)C)c1)CCC2. The standard InChI is InChI=1S/C17H20N2O4S/c1-12-6-4-7-13-8-5-9-19(16(12)13)17(20)14-10-15(23-11-14)24(21,22)18(2)3/h4,6-7,10-11H,5,8-9H2,1-3H3. The Balaban J connectivity index is 1.97. The Morgan fingerprint density at radius 3 is 2.75 bits per heavy atom. The van der Waals surface area contributed by atoms with Gasteiger partial charge >= 0.3 is 0 Å². The van der Waals surface area contributed by atoms with Crippen LogP contribution in [-0.4, -0.2) is 39.3 Å². The van der Waals surface area contributed by atoms with Crippen LogP contribution in [0.5, 0.6) is 0 Å². The summed E-state index contributed by atoms with van der Waals surface area (Å²) in [5.74, 6) is -0.241. The van der Waals surface area contributed by atoms with E-state index >= 15 is 0 Å². The number of hydrogen-bond acceptors (Lipinski definition) is 4. The average Bonchev–Trinajstić information content (AvgIpc) is 3.04. The van der Waals surface area contributed by atoms with E-state index in [1.54, 1.807) is 4.90 Å². The van der Waals surface area contributed by atoms with E-state index in [0.717, 1.165) is 34.0 Å². The van der Waals surface area contributed by atoms with Crippen molar-refractivity contribution in [2.75, 3.05) is 25.5 Å². The van der Waals surface area contributed by atoms with Gasteiger partial charge in [-0.2, -0.15) is 0 Å². The van der Waals surface area contributed by atoms with Gasteiger partial charge in [0.1, 0.15) is 6.26 Å². The Bertz CT molecular complexity index is 884. The third kappa shape index (κ3) is 2.74. The van der Waals surface area contributed by atoms with Crippen LogP contribution in [0.3, 0.4) is 0 Å². The molecule has 1 aliphatic rings. The molecule has 1 aliphatic heterocycles. The van der Waals surface area contributed by atoms with Crippen LogP contribution < -0.4 is 4.90 Å². The van der Waals surface area contributed by atoms with E-state index in [0.29, 0.717) is 6.54 Å². The molecule has 0 fully saturated rings. The van der Waals surface area contributed by atoms with Gasteiger partial charge < -0.3 is 9.32 Å². The number of amides is 1. The van der Waals surface area contributed by atoms with Crippen molar-refractivity contribution < 1.29 is 17.6 Å². The van der Waals surface area contributed by atoms with E-state index in [1.807, 2.05) is 25.1 Å². The van der Waals surface area contributed by atoms with E-state index in [4.69, 9.17) is 4.42 Å². The predicted octanol–water partition coefficient (Wildman–Crippen LogP) is 2.43. The molecule has 0 saturated heterocycles. The van der Waals surface area contributed by atoms with Gasteiger partial charge in [-0.15, -0.1) is 0 Å². The Morgan fingerprint density at radius 1 is 1.29 bits per heavy atom. The van der Waals surface area contributed by atoms with Gasteiger partial charge in [-0.25, -0.2) is 12.7 Å². The molecule has 0 N–H and O–H groups in total. The number of carbonyl (C=O) groups excluding carboxylic acids is 1. The van der Waals surface area contributed by atoms with Crippen LogP contribution in [0, 0.1) is 6.92 Å². The van der Waals surface area contributed by atoms with Crippen molar-refractivity contribution in [2.45, 2.75) is 24.9 Å². The second-order valence-electron chi connectivity index (χ2n) is 6.08. The Kier molecular flexibility index (Phi) is 4.23. The summed E-state index contributed by atoms with van der Waals surface area (Å²) in [6.07, 6.45) is 3.03. The summed E-state index contributed by atoms with van der Waals surface area (Å²) >= 11 is 0. The smallest absolute Gasteiger partial charge is 0.275 e. The Morgan fingerprint density at radius 2 is 2.04 bits per heavy atom. The number of carbonyl (C=O) groups is 1. The van der Waals surface area contributed by atoms with Gasteiger partial charge in [-0.3, -0.25) is 4.79 Å². The number of fused-ring (bicyclic) bond motifs is 1. The summed E-state index contributed by atoms with van der Waals surface area (Å²) in [5, 5.41) is -0.224. The number of anilines is 1. The highest BCUT2D eigenvalue weighted by Gasteiger charge is 2.28. The molecule has 24 heavy (non-hydrogen) atoms. The number of rotatable bonds is 3. The van der Waals surface area contributed by atoms with E-state index in [9.17, 15) is 13.2 Å². The highest BCUT2D eigenvalue weighted by atomic mass is 32.2. The van der Waals surface area contributed by atoms with Crippen LogP contribution in [-0.2, 0) is 16.4 Å². The van der Waals surface area contributed by atoms with E-state index < -0.39 is 10.0 Å². The molecule has 3 rings (SSSR count). The maximum Gasteiger partial charge on any atom is 0.275 e. The van der Waals surface area contributed by atoms with E-state index in [2.05, 4.69) is 0 Å². The van der Waals surface area contributed by atoms with Crippen molar-refractivity contribution in [1.29, 1.82) is 0 Å². The second kappa shape index (κ2) is 6.07. The molecule has 0 aliphatic carbocycles. The molecule has 0 unspecified atom stereocenters. The van der Waals surface area contributed by atoms with Crippen LogP contribution in [0.15, 0.2) is 40.0 Å². The van der Waals surface area contributed by atoms with Crippen LogP contribution >= 0.6 is 0 Å². The summed E-state index contributed by atoms with van der Waals surface area (Å²) < 4.78 is 30.4. The zero-order chi connectivity index (χ0) is 17.5. The monoisotopic (exact) mass is 348 g/mol. The van der Waals surface area contributed by atoms with Crippen molar-refractivity contribution >= 4 is 21.6 Å². The molecular formula is C17H20N2O4S. The number of sulfonamides is 1. The summed E-state index contributed by atoms with van der Waals surface area (Å²) in [6, 6.07) is 7.28. The van der Waals surface area contributed by atoms with Crippen LogP contribution in [0.1, 0.15) is 27.9 Å². The molecule has 0 radical (unpaired) electrons. The molecule has 0 spiro atoms. The largest absolute Gasteiger partial charge is 0.451 e. The van der Waals surface area contributed by atoms with Gasteiger partial charge in [-0.1, -0.05) is 18.2 Å². The van der Waals surface area contributed by atoms with Crippen molar-refractivity contribution in [1.82, 2.24) is 4.31 Å². The van der Waals surface area contributed by atoms with Gasteiger partial charge in [-0.05, 0) is 30.9 Å². The number of hydrogen-bond donors (Lipinski definition) is 0. The molecule has 7 heteroatoms. The first-order chi connectivity index (χ1) is 11.3. The third-order valence-corrected chi connectivity index (χ3v) is 5.91. The summed E-state index contributed by atoms with van der Waals surface area (Å²) in [6.45, 7) is 2.58. The molecule has 0 bridgehead atoms. The first-order valence-electron chi connectivity index (χ1n) is 7.74. The van der Waals surface area contributed by atoms with Crippen molar-refractivity contribution in [3.05, 3.63) is 47.2 Å². The highest BCUT2D eigenvalue weighted by molar-refractivity contribution is 7.88. The van der Waals surface area contributed by atoms with Gasteiger partial charge in [0.25, 0.3) is 15.9 Å². The van der Waals surface area contributed by atoms with E-state index in [1.165, 1.54) is 26.4 Å². The number of nitrogens with zero attached hydrogens (tertiary/aromatic N) is 2. The Hall–Kier alpha value is -2.12. The molecule has 0 atom stereocenters. The first kappa shape index (κ1) is 16.7. The lowest BCUT2D eigenvalue weighted by Crippen LogP contribution is -2.35. The normalized spacial score (nSPS) is 14.8. The first-order valence-corrected chi connectivity index (χ1v) is 9.18. The third-order valence-electron chi connectivity index (χ3n) is 4.22. The minimum atomic E-state index is -3.69. The fraction of sp³-hybridized carbons (Fsp3) is 0.353. The van der Waals surface area contributed by atoms with Gasteiger partial charge in [0.05, 0.1) is 11.3 Å². The zero-order valence-electron chi connectivity index (χ0n) is 13.9. The Labute approximate surface area is 141 Å². The molecule has 128 valence electrons. The van der Waals surface area contributed by atoms with E-state index in [-0.39, 0.29) is 16.6 Å². The minimum Gasteiger partial charge on any atom is -0.451 e. The molecular weight excluding hydrogens is 328 g/mol. The predicted molar refractivity (Wildman–Crippen MR) is 90.8 cm³/mol. The molecule has 0 saturated carbocycles. The van der Waals surface area contributed by atoms with Gasteiger partial charge in [0.15, 0.2) is 0 Å².